The van der Waals surface area contributed by atoms with Crippen molar-refractivity contribution in [2.75, 3.05) is 7.11 Å². The first-order valence-corrected chi connectivity index (χ1v) is 7.26. The van der Waals surface area contributed by atoms with Gasteiger partial charge < -0.3 is 15.2 Å². The summed E-state index contributed by atoms with van der Waals surface area (Å²) in [5, 5.41) is 14.4. The van der Waals surface area contributed by atoms with Crippen molar-refractivity contribution < 1.29 is 9.84 Å². The lowest BCUT2D eigenvalue weighted by Crippen LogP contribution is -2.40. The molecule has 0 amide bonds. The lowest BCUT2D eigenvalue weighted by Gasteiger charge is -2.31. The van der Waals surface area contributed by atoms with Crippen LogP contribution in [0, 0.1) is 0 Å². The number of fused-ring (bicyclic) bond motifs is 1. The zero-order chi connectivity index (χ0) is 14.9. The van der Waals surface area contributed by atoms with Crippen molar-refractivity contribution in [3.05, 3.63) is 65.2 Å². The van der Waals surface area contributed by atoms with Crippen molar-refractivity contribution in [1.29, 1.82) is 0 Å². The predicted octanol–water partition coefficient (Wildman–Crippen LogP) is 2.83. The van der Waals surface area contributed by atoms with Gasteiger partial charge in [0.15, 0.2) is 0 Å². The summed E-state index contributed by atoms with van der Waals surface area (Å²) in [6.45, 7) is 2.72. The summed E-state index contributed by atoms with van der Waals surface area (Å²) < 4.78 is 5.17. The van der Waals surface area contributed by atoms with E-state index in [0.717, 1.165) is 17.9 Å². The third-order valence-electron chi connectivity index (χ3n) is 4.21. The van der Waals surface area contributed by atoms with Crippen LogP contribution >= 0.6 is 0 Å². The maximum atomic E-state index is 10.9. The van der Waals surface area contributed by atoms with E-state index in [9.17, 15) is 5.11 Å². The van der Waals surface area contributed by atoms with Gasteiger partial charge in [-0.2, -0.15) is 0 Å². The summed E-state index contributed by atoms with van der Waals surface area (Å²) in [4.78, 5) is 0. The molecule has 3 heteroatoms. The van der Waals surface area contributed by atoms with Crippen LogP contribution < -0.4 is 10.1 Å². The molecule has 0 spiro atoms. The predicted molar refractivity (Wildman–Crippen MR) is 83.3 cm³/mol. The lowest BCUT2D eigenvalue weighted by molar-refractivity contribution is 0.0223. The first-order chi connectivity index (χ1) is 10.1. The average Bonchev–Trinajstić information content (AvgIpc) is 2.92. The Morgan fingerprint density at radius 1 is 1.19 bits per heavy atom. The Bertz CT molecular complexity index is 619. The van der Waals surface area contributed by atoms with Crippen LogP contribution in [0.1, 0.15) is 29.7 Å². The molecular weight excluding hydrogens is 262 g/mol. The number of aliphatic hydroxyl groups is 1. The maximum Gasteiger partial charge on any atom is 0.118 e. The molecule has 0 saturated heterocycles. The SMILES string of the molecule is COc1ccc(CC(C)(O)C2NCc3ccccc32)cc1. The molecule has 21 heavy (non-hydrogen) atoms. The van der Waals surface area contributed by atoms with E-state index in [2.05, 4.69) is 17.4 Å². The molecule has 0 aromatic heterocycles. The van der Waals surface area contributed by atoms with E-state index >= 15 is 0 Å². The second-order valence-electron chi connectivity index (χ2n) is 5.89. The molecule has 0 bridgehead atoms. The highest BCUT2D eigenvalue weighted by Gasteiger charge is 2.37. The topological polar surface area (TPSA) is 41.5 Å². The van der Waals surface area contributed by atoms with Crippen molar-refractivity contribution in [3.63, 3.8) is 0 Å². The molecule has 2 aromatic rings. The fraction of sp³-hybridized carbons (Fsp3) is 0.333. The van der Waals surface area contributed by atoms with Crippen LogP contribution in [-0.2, 0) is 13.0 Å². The van der Waals surface area contributed by atoms with E-state index in [-0.39, 0.29) is 6.04 Å². The molecule has 2 unspecified atom stereocenters. The summed E-state index contributed by atoms with van der Waals surface area (Å²) in [6, 6.07) is 16.1. The second-order valence-corrected chi connectivity index (χ2v) is 5.89. The second kappa shape index (κ2) is 5.51. The molecule has 1 aliphatic rings. The molecule has 1 aliphatic heterocycles. The fourth-order valence-electron chi connectivity index (χ4n) is 3.11. The third kappa shape index (κ3) is 2.80. The molecule has 3 rings (SSSR count). The highest BCUT2D eigenvalue weighted by molar-refractivity contribution is 5.37. The highest BCUT2D eigenvalue weighted by Crippen LogP contribution is 2.35. The van der Waals surface area contributed by atoms with Crippen molar-refractivity contribution in [2.24, 2.45) is 0 Å². The first kappa shape index (κ1) is 14.1. The Kier molecular flexibility index (Phi) is 3.70. The number of nitrogens with one attached hydrogen (secondary N) is 1. The van der Waals surface area contributed by atoms with Gasteiger partial charge in [-0.05, 0) is 35.7 Å². The summed E-state index contributed by atoms with van der Waals surface area (Å²) in [6.07, 6.45) is 0.600. The van der Waals surface area contributed by atoms with Crippen LogP contribution in [0.3, 0.4) is 0 Å². The molecule has 0 aliphatic carbocycles. The quantitative estimate of drug-likeness (QED) is 0.906. The molecule has 0 radical (unpaired) electrons. The van der Waals surface area contributed by atoms with Gasteiger partial charge in [-0.1, -0.05) is 36.4 Å². The number of hydrogen-bond acceptors (Lipinski definition) is 3. The summed E-state index contributed by atoms with van der Waals surface area (Å²) in [5.74, 6) is 0.836. The number of hydrogen-bond donors (Lipinski definition) is 2. The normalized spacial score (nSPS) is 19.9. The van der Waals surface area contributed by atoms with Crippen LogP contribution in [-0.4, -0.2) is 17.8 Å². The fourth-order valence-corrected chi connectivity index (χ4v) is 3.11. The van der Waals surface area contributed by atoms with Gasteiger partial charge in [0.05, 0.1) is 18.8 Å². The summed E-state index contributed by atoms with van der Waals surface area (Å²) in [7, 11) is 1.66. The molecule has 1 heterocycles. The molecule has 3 nitrogen and oxygen atoms in total. The third-order valence-corrected chi connectivity index (χ3v) is 4.21. The van der Waals surface area contributed by atoms with E-state index < -0.39 is 5.60 Å². The van der Waals surface area contributed by atoms with Crippen LogP contribution in [0.2, 0.25) is 0 Å². The summed E-state index contributed by atoms with van der Waals surface area (Å²) in [5.41, 5.74) is 2.75. The standard InChI is InChI=1S/C18H21NO2/c1-18(20,11-13-7-9-15(21-2)10-8-13)17-16-6-4-3-5-14(16)12-19-17/h3-10,17,19-20H,11-12H2,1-2H3. The van der Waals surface area contributed by atoms with Crippen molar-refractivity contribution in [1.82, 2.24) is 5.32 Å². The lowest BCUT2D eigenvalue weighted by atomic mass is 9.85. The summed E-state index contributed by atoms with van der Waals surface area (Å²) >= 11 is 0. The molecule has 2 atom stereocenters. The van der Waals surface area contributed by atoms with E-state index in [4.69, 9.17) is 4.74 Å². The minimum Gasteiger partial charge on any atom is -0.497 e. The van der Waals surface area contributed by atoms with Gasteiger partial charge in [0.2, 0.25) is 0 Å². The van der Waals surface area contributed by atoms with Crippen molar-refractivity contribution in [3.8, 4) is 5.75 Å². The average molecular weight is 283 g/mol. The molecule has 0 saturated carbocycles. The number of benzene rings is 2. The van der Waals surface area contributed by atoms with Gasteiger partial charge in [-0.3, -0.25) is 0 Å². The minimum absolute atomic E-state index is 0.0317. The molecule has 0 fully saturated rings. The monoisotopic (exact) mass is 283 g/mol. The maximum absolute atomic E-state index is 10.9. The minimum atomic E-state index is -0.832. The van der Waals surface area contributed by atoms with E-state index in [1.807, 2.05) is 43.3 Å². The Morgan fingerprint density at radius 2 is 1.90 bits per heavy atom. The number of rotatable bonds is 4. The molecular formula is C18H21NO2. The first-order valence-electron chi connectivity index (χ1n) is 7.26. The Hall–Kier alpha value is -1.84. The van der Waals surface area contributed by atoms with E-state index in [1.54, 1.807) is 7.11 Å². The zero-order valence-corrected chi connectivity index (χ0v) is 12.5. The molecule has 110 valence electrons. The zero-order valence-electron chi connectivity index (χ0n) is 12.5. The molecule has 2 aromatic carbocycles. The molecule has 2 N–H and O–H groups in total. The highest BCUT2D eigenvalue weighted by atomic mass is 16.5. The van der Waals surface area contributed by atoms with Gasteiger partial charge in [0.25, 0.3) is 0 Å². The smallest absolute Gasteiger partial charge is 0.118 e. The van der Waals surface area contributed by atoms with Crippen LogP contribution in [0.25, 0.3) is 0 Å². The Labute approximate surface area is 125 Å². The van der Waals surface area contributed by atoms with Gasteiger partial charge in [0.1, 0.15) is 5.75 Å². The number of ether oxygens (including phenoxy) is 1. The van der Waals surface area contributed by atoms with Gasteiger partial charge >= 0.3 is 0 Å². The van der Waals surface area contributed by atoms with E-state index in [0.29, 0.717) is 6.42 Å². The van der Waals surface area contributed by atoms with Crippen LogP contribution in [0.4, 0.5) is 0 Å². The van der Waals surface area contributed by atoms with Gasteiger partial charge in [-0.15, -0.1) is 0 Å². The van der Waals surface area contributed by atoms with Crippen LogP contribution in [0.15, 0.2) is 48.5 Å². The largest absolute Gasteiger partial charge is 0.497 e. The Balaban J connectivity index is 1.80. The Morgan fingerprint density at radius 3 is 2.62 bits per heavy atom. The van der Waals surface area contributed by atoms with Crippen LogP contribution in [0.5, 0.6) is 5.75 Å². The van der Waals surface area contributed by atoms with Crippen molar-refractivity contribution >= 4 is 0 Å². The number of methoxy groups -OCH3 is 1. The van der Waals surface area contributed by atoms with Crippen molar-refractivity contribution in [2.45, 2.75) is 31.5 Å². The van der Waals surface area contributed by atoms with Gasteiger partial charge in [0, 0.05) is 13.0 Å². The van der Waals surface area contributed by atoms with E-state index in [1.165, 1.54) is 11.1 Å². The van der Waals surface area contributed by atoms with Gasteiger partial charge in [-0.25, -0.2) is 0 Å².